The number of piperazine rings is 1. The van der Waals surface area contributed by atoms with Gasteiger partial charge >= 0.3 is 6.18 Å². The number of benzene rings is 4. The number of carbonyl (C=O) groups is 1. The number of hydrogen-bond acceptors (Lipinski definition) is 8. The van der Waals surface area contributed by atoms with Crippen molar-refractivity contribution in [1.29, 1.82) is 0 Å². The fourth-order valence-electron chi connectivity index (χ4n) is 7.70. The molecule has 2 fully saturated rings. The normalized spacial score (nSPS) is 16.5. The SMILES string of the molecule is CC(C)=C(/C=C(\C)N1CCN(CCCOc2ccc(Oc3c(-c4ccc(C(F)(F)F)cc4)sc4cc(OCc5ccccc5)ccc34)cc2)CC1)CN(C)C1CCC(=O)NC1. The summed E-state index contributed by atoms with van der Waals surface area (Å²) in [5, 5.41) is 3.85. The van der Waals surface area contributed by atoms with Crippen molar-refractivity contribution in [3.05, 3.63) is 131 Å². The second kappa shape index (κ2) is 20.0. The molecule has 0 spiro atoms. The number of likely N-dealkylation sites (N-methyl/N-ethyl adjacent to an activating group) is 1. The predicted octanol–water partition coefficient (Wildman–Crippen LogP) is 10.8. The van der Waals surface area contributed by atoms with Crippen LogP contribution in [-0.4, -0.2) is 86.1 Å². The zero-order valence-corrected chi connectivity index (χ0v) is 36.2. The van der Waals surface area contributed by atoms with Gasteiger partial charge in [0.1, 0.15) is 23.9 Å². The van der Waals surface area contributed by atoms with E-state index >= 15 is 0 Å². The molecule has 0 radical (unpaired) electrons. The van der Waals surface area contributed by atoms with Crippen LogP contribution in [0.3, 0.4) is 0 Å². The van der Waals surface area contributed by atoms with Crippen molar-refractivity contribution < 1.29 is 32.2 Å². The third kappa shape index (κ3) is 11.8. The van der Waals surface area contributed by atoms with E-state index in [0.717, 1.165) is 90.5 Å². The van der Waals surface area contributed by atoms with Crippen molar-refractivity contribution in [2.24, 2.45) is 0 Å². The number of ether oxygens (including phenoxy) is 3. The first kappa shape index (κ1) is 43.8. The van der Waals surface area contributed by atoms with E-state index in [2.05, 4.69) is 53.9 Å². The molecule has 7 rings (SSSR count). The highest BCUT2D eigenvalue weighted by Crippen LogP contribution is 2.48. The summed E-state index contributed by atoms with van der Waals surface area (Å²) in [4.78, 5) is 19.7. The Morgan fingerprint density at radius 3 is 2.26 bits per heavy atom. The van der Waals surface area contributed by atoms with Crippen LogP contribution in [0.2, 0.25) is 0 Å². The molecule has 1 unspecified atom stereocenters. The number of carbonyl (C=O) groups excluding carboxylic acids is 1. The maximum atomic E-state index is 13.4. The van der Waals surface area contributed by atoms with Gasteiger partial charge in [-0.15, -0.1) is 11.3 Å². The largest absolute Gasteiger partial charge is 0.494 e. The summed E-state index contributed by atoms with van der Waals surface area (Å²) in [6.45, 7) is 14.0. The van der Waals surface area contributed by atoms with Crippen molar-refractivity contribution in [2.75, 3.05) is 59.5 Å². The van der Waals surface area contributed by atoms with Crippen LogP contribution in [0.1, 0.15) is 51.2 Å². The lowest BCUT2D eigenvalue weighted by Gasteiger charge is -2.37. The predicted molar refractivity (Wildman–Crippen MR) is 238 cm³/mol. The molecule has 61 heavy (non-hydrogen) atoms. The van der Waals surface area contributed by atoms with E-state index in [1.54, 1.807) is 0 Å². The smallest absolute Gasteiger partial charge is 0.416 e. The van der Waals surface area contributed by atoms with Crippen LogP contribution in [0.4, 0.5) is 13.2 Å². The van der Waals surface area contributed by atoms with Crippen LogP contribution < -0.4 is 19.5 Å². The van der Waals surface area contributed by atoms with Crippen LogP contribution in [0, 0.1) is 0 Å². The van der Waals surface area contributed by atoms with Crippen molar-refractivity contribution in [2.45, 2.75) is 58.9 Å². The van der Waals surface area contributed by atoms with Crippen LogP contribution in [0.5, 0.6) is 23.0 Å². The average Bonchev–Trinajstić information content (AvgIpc) is 3.62. The quantitative estimate of drug-likeness (QED) is 0.0783. The number of allylic oxidation sites excluding steroid dienone is 2. The Morgan fingerprint density at radius 1 is 0.885 bits per heavy atom. The zero-order valence-electron chi connectivity index (χ0n) is 35.4. The van der Waals surface area contributed by atoms with Crippen molar-refractivity contribution in [3.8, 4) is 33.4 Å². The summed E-state index contributed by atoms with van der Waals surface area (Å²) in [5.41, 5.74) is 4.92. The highest BCUT2D eigenvalue weighted by Gasteiger charge is 2.30. The van der Waals surface area contributed by atoms with Gasteiger partial charge in [-0.05, 0) is 118 Å². The summed E-state index contributed by atoms with van der Waals surface area (Å²) in [7, 11) is 2.15. The summed E-state index contributed by atoms with van der Waals surface area (Å²) in [6.07, 6.45) is 0.312. The van der Waals surface area contributed by atoms with Gasteiger partial charge in [-0.25, -0.2) is 0 Å². The summed E-state index contributed by atoms with van der Waals surface area (Å²) in [5.74, 6) is 2.75. The monoisotopic (exact) mass is 852 g/mol. The maximum Gasteiger partial charge on any atom is 0.416 e. The van der Waals surface area contributed by atoms with Crippen LogP contribution in [0.15, 0.2) is 120 Å². The molecule has 0 bridgehead atoms. The first-order valence-corrected chi connectivity index (χ1v) is 21.8. The molecule has 2 saturated heterocycles. The number of nitrogens with zero attached hydrogens (tertiary/aromatic N) is 3. The fraction of sp³-hybridized carbons (Fsp3) is 0.367. The Kier molecular flexibility index (Phi) is 14.4. The lowest BCUT2D eigenvalue weighted by Crippen LogP contribution is -2.47. The fourth-order valence-corrected chi connectivity index (χ4v) is 8.86. The minimum Gasteiger partial charge on any atom is -0.494 e. The van der Waals surface area contributed by atoms with Crippen LogP contribution in [-0.2, 0) is 17.6 Å². The lowest BCUT2D eigenvalue weighted by molar-refractivity contribution is -0.137. The topological polar surface area (TPSA) is 66.5 Å². The van der Waals surface area contributed by atoms with E-state index in [4.69, 9.17) is 14.2 Å². The maximum absolute atomic E-state index is 13.4. The molecule has 5 aromatic rings. The molecule has 1 atom stereocenters. The van der Waals surface area contributed by atoms with Gasteiger partial charge in [-0.3, -0.25) is 14.6 Å². The summed E-state index contributed by atoms with van der Waals surface area (Å²) in [6, 6.07) is 28.7. The van der Waals surface area contributed by atoms with E-state index in [0.29, 0.717) is 55.0 Å². The molecule has 322 valence electrons. The van der Waals surface area contributed by atoms with Crippen molar-refractivity contribution in [3.63, 3.8) is 0 Å². The van der Waals surface area contributed by atoms with Gasteiger partial charge in [-0.2, -0.15) is 13.2 Å². The minimum atomic E-state index is -4.42. The Hall–Kier alpha value is -5.30. The van der Waals surface area contributed by atoms with Gasteiger partial charge in [-0.1, -0.05) is 48.0 Å². The third-order valence-corrected chi connectivity index (χ3v) is 12.6. The molecule has 4 aromatic carbocycles. The standard InChI is InChI=1S/C49H55F3N4O4S/c1-34(2)38(32-54(4)40-15-22-46(57)53-31-40)29-35(3)56-26-24-55(25-27-56)23-8-28-58-41-16-18-42(19-17-41)60-47-44-21-20-43(59-33-36-9-6-5-7-10-36)30-45(44)61-48(47)37-11-13-39(14-12-37)49(50,51)52/h5-7,9-14,16-21,29-30,40H,8,15,22-28,31-33H2,1-4H3,(H,53,57)/b35-29+. The first-order valence-electron chi connectivity index (χ1n) is 21.0. The Bertz CT molecular complexity index is 2290. The van der Waals surface area contributed by atoms with E-state index in [9.17, 15) is 18.0 Å². The second-order valence-corrected chi connectivity index (χ2v) is 17.1. The van der Waals surface area contributed by atoms with Crippen LogP contribution in [0.25, 0.3) is 20.5 Å². The van der Waals surface area contributed by atoms with Gasteiger partial charge in [0.15, 0.2) is 5.75 Å². The van der Waals surface area contributed by atoms with E-state index < -0.39 is 11.7 Å². The van der Waals surface area contributed by atoms with Gasteiger partial charge < -0.3 is 24.4 Å². The number of nitrogens with one attached hydrogen (secondary N) is 1. The molecule has 12 heteroatoms. The molecule has 2 aliphatic rings. The number of amides is 1. The Morgan fingerprint density at radius 2 is 1.59 bits per heavy atom. The van der Waals surface area contributed by atoms with Crippen molar-refractivity contribution >= 4 is 27.3 Å². The third-order valence-electron chi connectivity index (χ3n) is 11.4. The minimum absolute atomic E-state index is 0.150. The molecule has 3 heterocycles. The van der Waals surface area contributed by atoms with Gasteiger partial charge in [0.05, 0.1) is 17.0 Å². The van der Waals surface area contributed by atoms with Gasteiger partial charge in [0.25, 0.3) is 0 Å². The number of piperidine rings is 1. The number of fused-ring (bicyclic) bond motifs is 1. The molecule has 1 amide bonds. The number of rotatable bonds is 16. The zero-order chi connectivity index (χ0) is 42.9. The number of alkyl halides is 3. The Labute approximate surface area is 361 Å². The highest BCUT2D eigenvalue weighted by molar-refractivity contribution is 7.22. The number of hydrogen-bond donors (Lipinski definition) is 1. The average molecular weight is 853 g/mol. The van der Waals surface area contributed by atoms with Crippen LogP contribution >= 0.6 is 11.3 Å². The molecule has 1 aromatic heterocycles. The molecular formula is C49H55F3N4O4S. The second-order valence-electron chi connectivity index (χ2n) is 16.1. The van der Waals surface area contributed by atoms with Gasteiger partial charge in [0.2, 0.25) is 5.91 Å². The number of halogens is 3. The van der Waals surface area contributed by atoms with E-state index in [-0.39, 0.29) is 5.91 Å². The molecule has 2 aliphatic heterocycles. The van der Waals surface area contributed by atoms with Gasteiger partial charge in [0, 0.05) is 74.1 Å². The molecule has 1 N–H and O–H groups in total. The lowest BCUT2D eigenvalue weighted by atomic mass is 10.0. The van der Waals surface area contributed by atoms with E-state index in [1.807, 2.05) is 72.8 Å². The molecule has 0 saturated carbocycles. The summed E-state index contributed by atoms with van der Waals surface area (Å²) < 4.78 is 59.9. The summed E-state index contributed by atoms with van der Waals surface area (Å²) >= 11 is 1.45. The van der Waals surface area contributed by atoms with Crippen molar-refractivity contribution in [1.82, 2.24) is 20.0 Å². The molecular weight excluding hydrogens is 798 g/mol. The highest BCUT2D eigenvalue weighted by atomic mass is 32.1. The molecule has 0 aliphatic carbocycles. The van der Waals surface area contributed by atoms with E-state index in [1.165, 1.54) is 40.3 Å². The number of thiophene rings is 1. The first-order chi connectivity index (χ1) is 29.4. The molecule has 8 nitrogen and oxygen atoms in total. The Balaban J connectivity index is 0.915.